The number of aliphatic hydroxyl groups excluding tert-OH is 1. The fraction of sp³-hybridized carbons (Fsp3) is 0.429. The Labute approximate surface area is 50.3 Å². The van der Waals surface area contributed by atoms with E-state index in [9.17, 15) is 0 Å². The van der Waals surface area contributed by atoms with Crippen LogP contribution in [-0.4, -0.2) is 5.11 Å². The molecule has 0 aromatic carbocycles. The predicted molar refractivity (Wildman–Crippen MR) is 35.8 cm³/mol. The van der Waals surface area contributed by atoms with Crippen molar-refractivity contribution in [2.45, 2.75) is 19.8 Å². The van der Waals surface area contributed by atoms with Crippen LogP contribution in [0.15, 0.2) is 24.5 Å². The molecule has 0 rings (SSSR count). The largest absolute Gasteiger partial charge is 0.509 e. The zero-order valence-electron chi connectivity index (χ0n) is 5.22. The van der Waals surface area contributed by atoms with E-state index in [0.717, 1.165) is 12.8 Å². The van der Waals surface area contributed by atoms with Crippen LogP contribution >= 0.6 is 0 Å². The average Bonchev–Trinajstić information content (AvgIpc) is 1.66. The Hall–Kier alpha value is -0.720. The van der Waals surface area contributed by atoms with Crippen LogP contribution in [0.25, 0.3) is 0 Å². The van der Waals surface area contributed by atoms with Crippen molar-refractivity contribution < 1.29 is 5.11 Å². The quantitative estimate of drug-likeness (QED) is 0.439. The van der Waals surface area contributed by atoms with Gasteiger partial charge in [0.1, 0.15) is 5.76 Å². The monoisotopic (exact) mass is 112 g/mol. The maximum absolute atomic E-state index is 8.50. The van der Waals surface area contributed by atoms with Crippen molar-refractivity contribution >= 4 is 0 Å². The molecule has 0 fully saturated rings. The molecule has 8 heavy (non-hydrogen) atoms. The van der Waals surface area contributed by atoms with Crippen molar-refractivity contribution in [2.75, 3.05) is 0 Å². The molecule has 0 saturated heterocycles. The molecule has 0 aliphatic rings. The number of allylic oxidation sites excluding steroid dienone is 2. The van der Waals surface area contributed by atoms with Crippen LogP contribution in [-0.2, 0) is 0 Å². The summed E-state index contributed by atoms with van der Waals surface area (Å²) in [7, 11) is 0. The summed E-state index contributed by atoms with van der Waals surface area (Å²) in [4.78, 5) is 0. The van der Waals surface area contributed by atoms with E-state index in [1.54, 1.807) is 6.08 Å². The molecular formula is C7H12O. The Balaban J connectivity index is 3.20. The first-order chi connectivity index (χ1) is 3.77. The second-order valence-corrected chi connectivity index (χ2v) is 1.68. The van der Waals surface area contributed by atoms with Gasteiger partial charge in [-0.05, 0) is 12.5 Å². The lowest BCUT2D eigenvalue weighted by Gasteiger charge is -1.83. The van der Waals surface area contributed by atoms with E-state index >= 15 is 0 Å². The van der Waals surface area contributed by atoms with Crippen molar-refractivity contribution in [1.29, 1.82) is 0 Å². The standard InChI is InChI=1S/C7H12O/c1-3-4-5-6-7(2)8/h5-6,8H,2-4H2,1H3/b6-5-. The average molecular weight is 112 g/mol. The topological polar surface area (TPSA) is 20.2 Å². The summed E-state index contributed by atoms with van der Waals surface area (Å²) in [6.07, 6.45) is 5.65. The lowest BCUT2D eigenvalue weighted by Crippen LogP contribution is -1.66. The van der Waals surface area contributed by atoms with Gasteiger partial charge in [0.2, 0.25) is 0 Å². The van der Waals surface area contributed by atoms with Crippen LogP contribution in [0.1, 0.15) is 19.8 Å². The maximum atomic E-state index is 8.50. The number of unbranched alkanes of at least 4 members (excludes halogenated alkanes) is 1. The Morgan fingerprint density at radius 3 is 2.75 bits per heavy atom. The molecule has 0 saturated carbocycles. The third kappa shape index (κ3) is 5.28. The van der Waals surface area contributed by atoms with E-state index < -0.39 is 0 Å². The number of rotatable bonds is 3. The van der Waals surface area contributed by atoms with Crippen LogP contribution in [0.5, 0.6) is 0 Å². The molecule has 1 nitrogen and oxygen atoms in total. The fourth-order valence-corrected chi connectivity index (χ4v) is 0.386. The van der Waals surface area contributed by atoms with Gasteiger partial charge >= 0.3 is 0 Å². The van der Waals surface area contributed by atoms with Crippen LogP contribution in [0.4, 0.5) is 0 Å². The van der Waals surface area contributed by atoms with Crippen LogP contribution in [0.3, 0.4) is 0 Å². The van der Waals surface area contributed by atoms with Gasteiger partial charge in [-0.1, -0.05) is 26.0 Å². The van der Waals surface area contributed by atoms with Crippen LogP contribution < -0.4 is 0 Å². The first kappa shape index (κ1) is 7.28. The summed E-state index contributed by atoms with van der Waals surface area (Å²) >= 11 is 0. The smallest absolute Gasteiger partial charge is 0.108 e. The van der Waals surface area contributed by atoms with Crippen LogP contribution in [0.2, 0.25) is 0 Å². The lowest BCUT2D eigenvalue weighted by atomic mass is 10.3. The van der Waals surface area contributed by atoms with Gasteiger partial charge in [-0.2, -0.15) is 0 Å². The Morgan fingerprint density at radius 2 is 2.38 bits per heavy atom. The van der Waals surface area contributed by atoms with Gasteiger partial charge in [0, 0.05) is 0 Å². The highest BCUT2D eigenvalue weighted by Gasteiger charge is 1.74. The van der Waals surface area contributed by atoms with Crippen LogP contribution in [0, 0.1) is 0 Å². The van der Waals surface area contributed by atoms with Gasteiger partial charge < -0.3 is 5.11 Å². The summed E-state index contributed by atoms with van der Waals surface area (Å²) in [6.45, 7) is 5.38. The van der Waals surface area contributed by atoms with E-state index in [4.69, 9.17) is 5.11 Å². The van der Waals surface area contributed by atoms with Crippen molar-refractivity contribution in [1.82, 2.24) is 0 Å². The van der Waals surface area contributed by atoms with Crippen molar-refractivity contribution in [2.24, 2.45) is 0 Å². The summed E-state index contributed by atoms with van der Waals surface area (Å²) in [5.41, 5.74) is 0. The molecule has 0 aliphatic carbocycles. The zero-order chi connectivity index (χ0) is 6.41. The highest BCUT2D eigenvalue weighted by Crippen LogP contribution is 1.91. The molecule has 0 spiro atoms. The molecule has 0 amide bonds. The Kier molecular flexibility index (Phi) is 4.04. The molecule has 0 bridgehead atoms. The highest BCUT2D eigenvalue weighted by atomic mass is 16.3. The van der Waals surface area contributed by atoms with Gasteiger partial charge in [0.25, 0.3) is 0 Å². The van der Waals surface area contributed by atoms with Gasteiger partial charge in [0.05, 0.1) is 0 Å². The number of hydrogen-bond donors (Lipinski definition) is 1. The van der Waals surface area contributed by atoms with E-state index in [0.29, 0.717) is 0 Å². The van der Waals surface area contributed by atoms with E-state index in [-0.39, 0.29) is 5.76 Å². The van der Waals surface area contributed by atoms with E-state index in [1.165, 1.54) is 0 Å². The summed E-state index contributed by atoms with van der Waals surface area (Å²) in [5, 5.41) is 8.50. The molecule has 0 atom stereocenters. The molecule has 0 heterocycles. The number of hydrogen-bond acceptors (Lipinski definition) is 1. The molecule has 0 unspecified atom stereocenters. The van der Waals surface area contributed by atoms with E-state index in [2.05, 4.69) is 13.5 Å². The third-order valence-electron chi connectivity index (χ3n) is 0.766. The normalized spacial score (nSPS) is 10.1. The highest BCUT2D eigenvalue weighted by molar-refractivity contribution is 5.04. The Morgan fingerprint density at radius 1 is 1.75 bits per heavy atom. The number of aliphatic hydroxyl groups is 1. The molecule has 1 heteroatoms. The third-order valence-corrected chi connectivity index (χ3v) is 0.766. The second kappa shape index (κ2) is 4.44. The first-order valence-corrected chi connectivity index (χ1v) is 2.81. The van der Waals surface area contributed by atoms with Gasteiger partial charge in [-0.25, -0.2) is 0 Å². The molecule has 0 radical (unpaired) electrons. The molecule has 1 N–H and O–H groups in total. The summed E-state index contributed by atoms with van der Waals surface area (Å²) < 4.78 is 0. The first-order valence-electron chi connectivity index (χ1n) is 2.81. The van der Waals surface area contributed by atoms with Gasteiger partial charge in [0.15, 0.2) is 0 Å². The van der Waals surface area contributed by atoms with Gasteiger partial charge in [-0.3, -0.25) is 0 Å². The maximum Gasteiger partial charge on any atom is 0.108 e. The minimum absolute atomic E-state index is 0.137. The van der Waals surface area contributed by atoms with Crippen molar-refractivity contribution in [3.8, 4) is 0 Å². The molecule has 46 valence electrons. The SMILES string of the molecule is C=C(O)/C=C\CCC. The molecular weight excluding hydrogens is 100 g/mol. The van der Waals surface area contributed by atoms with Gasteiger partial charge in [-0.15, -0.1) is 0 Å². The fourth-order valence-electron chi connectivity index (χ4n) is 0.386. The van der Waals surface area contributed by atoms with Crippen molar-refractivity contribution in [3.05, 3.63) is 24.5 Å². The minimum atomic E-state index is 0.137. The lowest BCUT2D eigenvalue weighted by molar-refractivity contribution is 0.435. The summed E-state index contributed by atoms with van der Waals surface area (Å²) in [5.74, 6) is 0.137. The zero-order valence-corrected chi connectivity index (χ0v) is 5.22. The Bertz CT molecular complexity index is 92.6. The molecule has 0 aromatic heterocycles. The molecule has 0 aliphatic heterocycles. The van der Waals surface area contributed by atoms with E-state index in [1.807, 2.05) is 6.08 Å². The molecule has 0 aromatic rings. The van der Waals surface area contributed by atoms with Crippen molar-refractivity contribution in [3.63, 3.8) is 0 Å². The second-order valence-electron chi connectivity index (χ2n) is 1.68. The summed E-state index contributed by atoms with van der Waals surface area (Å²) in [6, 6.07) is 0. The predicted octanol–water partition coefficient (Wildman–Crippen LogP) is 2.41. The minimum Gasteiger partial charge on any atom is -0.509 e.